The van der Waals surface area contributed by atoms with Crippen molar-refractivity contribution in [2.45, 2.75) is 20.8 Å². The average Bonchev–Trinajstić information content (AvgIpc) is 1.84. The minimum atomic E-state index is 0.542. The van der Waals surface area contributed by atoms with Gasteiger partial charge in [0.25, 0.3) is 0 Å². The van der Waals surface area contributed by atoms with E-state index in [4.69, 9.17) is 0 Å². The number of rotatable bonds is 2. The van der Waals surface area contributed by atoms with Crippen LogP contribution < -0.4 is 0 Å². The molecule has 0 N–H and O–H groups in total. The first-order valence-corrected chi connectivity index (χ1v) is 2.97. The maximum atomic E-state index is 3.69. The highest BCUT2D eigenvalue weighted by Crippen LogP contribution is 2.08. The van der Waals surface area contributed by atoms with Crippen molar-refractivity contribution in [1.29, 1.82) is 0 Å². The Balaban J connectivity index is 3.81. The zero-order valence-corrected chi connectivity index (χ0v) is 5.94. The molecule has 0 saturated carbocycles. The molecular formula is C8H14. The van der Waals surface area contributed by atoms with E-state index >= 15 is 0 Å². The van der Waals surface area contributed by atoms with Crippen LogP contribution in [0.15, 0.2) is 24.3 Å². The first-order chi connectivity index (χ1) is 3.72. The van der Waals surface area contributed by atoms with Crippen molar-refractivity contribution in [2.75, 3.05) is 0 Å². The summed E-state index contributed by atoms with van der Waals surface area (Å²) in [6, 6.07) is 0. The van der Waals surface area contributed by atoms with Gasteiger partial charge in [-0.1, -0.05) is 24.6 Å². The van der Waals surface area contributed by atoms with Gasteiger partial charge in [0.15, 0.2) is 0 Å². The Labute approximate surface area is 51.9 Å². The summed E-state index contributed by atoms with van der Waals surface area (Å²) in [6.45, 7) is 10.00. The maximum Gasteiger partial charge on any atom is -0.00572 e. The van der Waals surface area contributed by atoms with Crippen LogP contribution in [-0.4, -0.2) is 0 Å². The van der Waals surface area contributed by atoms with Gasteiger partial charge in [0.1, 0.15) is 0 Å². The Morgan fingerprint density at radius 1 is 1.62 bits per heavy atom. The summed E-state index contributed by atoms with van der Waals surface area (Å²) in [4.78, 5) is 0. The Hall–Kier alpha value is -0.520. The van der Waals surface area contributed by atoms with Crippen LogP contribution in [0.2, 0.25) is 0 Å². The molecule has 0 spiro atoms. The number of hydrogen-bond acceptors (Lipinski definition) is 0. The number of allylic oxidation sites excluding steroid dienone is 3. The Morgan fingerprint density at radius 3 is 2.25 bits per heavy atom. The summed E-state index contributed by atoms with van der Waals surface area (Å²) in [5.74, 6) is 0.542. The van der Waals surface area contributed by atoms with Gasteiger partial charge in [0.05, 0.1) is 0 Å². The smallest absolute Gasteiger partial charge is 0.00572 e. The van der Waals surface area contributed by atoms with Crippen LogP contribution in [0.3, 0.4) is 0 Å². The zero-order chi connectivity index (χ0) is 6.57. The van der Waals surface area contributed by atoms with Gasteiger partial charge in [0.2, 0.25) is 0 Å². The predicted octanol–water partition coefficient (Wildman–Crippen LogP) is 2.77. The standard InChI is InChI=1S/C8H14/c1-5-7(3)8(4)6-2/h5-7H,1H2,2-4H3/b8-6+. The monoisotopic (exact) mass is 110 g/mol. The van der Waals surface area contributed by atoms with Crippen LogP contribution in [0, 0.1) is 5.92 Å². The molecule has 0 heteroatoms. The maximum absolute atomic E-state index is 3.69. The predicted molar refractivity (Wildman–Crippen MR) is 38.8 cm³/mol. The van der Waals surface area contributed by atoms with Crippen LogP contribution >= 0.6 is 0 Å². The van der Waals surface area contributed by atoms with E-state index in [0.29, 0.717) is 5.92 Å². The molecule has 0 aliphatic heterocycles. The van der Waals surface area contributed by atoms with Crippen molar-refractivity contribution >= 4 is 0 Å². The van der Waals surface area contributed by atoms with Crippen LogP contribution in [0.25, 0.3) is 0 Å². The zero-order valence-electron chi connectivity index (χ0n) is 5.94. The van der Waals surface area contributed by atoms with E-state index in [1.54, 1.807) is 0 Å². The van der Waals surface area contributed by atoms with Crippen molar-refractivity contribution in [3.63, 3.8) is 0 Å². The molecule has 0 amide bonds. The first-order valence-electron chi connectivity index (χ1n) is 2.97. The number of hydrogen-bond donors (Lipinski definition) is 0. The normalized spacial score (nSPS) is 15.6. The fourth-order valence-corrected chi connectivity index (χ4v) is 0.449. The second-order valence-electron chi connectivity index (χ2n) is 2.06. The molecule has 0 heterocycles. The van der Waals surface area contributed by atoms with Crippen molar-refractivity contribution in [3.05, 3.63) is 24.3 Å². The third kappa shape index (κ3) is 1.97. The van der Waals surface area contributed by atoms with Crippen LogP contribution in [-0.2, 0) is 0 Å². The Bertz CT molecular complexity index is 98.6. The summed E-state index contributed by atoms with van der Waals surface area (Å²) in [7, 11) is 0. The lowest BCUT2D eigenvalue weighted by Crippen LogP contribution is -1.88. The molecule has 1 atom stereocenters. The summed E-state index contributed by atoms with van der Waals surface area (Å²) in [5.41, 5.74) is 1.39. The quantitative estimate of drug-likeness (QED) is 0.479. The van der Waals surface area contributed by atoms with Gasteiger partial charge < -0.3 is 0 Å². The first kappa shape index (κ1) is 7.48. The summed E-state index contributed by atoms with van der Waals surface area (Å²) >= 11 is 0. The SMILES string of the molecule is C=CC(C)/C(C)=C/C. The summed E-state index contributed by atoms with van der Waals surface area (Å²) in [5, 5.41) is 0. The van der Waals surface area contributed by atoms with Crippen molar-refractivity contribution in [1.82, 2.24) is 0 Å². The second kappa shape index (κ2) is 3.48. The molecule has 0 rings (SSSR count). The van der Waals surface area contributed by atoms with Gasteiger partial charge >= 0.3 is 0 Å². The molecule has 0 radical (unpaired) electrons. The van der Waals surface area contributed by atoms with Gasteiger partial charge in [-0.3, -0.25) is 0 Å². The molecule has 0 aliphatic rings. The van der Waals surface area contributed by atoms with E-state index in [9.17, 15) is 0 Å². The van der Waals surface area contributed by atoms with Crippen LogP contribution in [0.1, 0.15) is 20.8 Å². The molecule has 0 bridgehead atoms. The summed E-state index contributed by atoms with van der Waals surface area (Å²) in [6.07, 6.45) is 4.07. The van der Waals surface area contributed by atoms with Gasteiger partial charge in [-0.2, -0.15) is 0 Å². The molecule has 0 fully saturated rings. The van der Waals surface area contributed by atoms with Crippen LogP contribution in [0.5, 0.6) is 0 Å². The summed E-state index contributed by atoms with van der Waals surface area (Å²) < 4.78 is 0. The highest BCUT2D eigenvalue weighted by Gasteiger charge is 1.93. The van der Waals surface area contributed by atoms with Crippen molar-refractivity contribution in [3.8, 4) is 0 Å². The average molecular weight is 110 g/mol. The van der Waals surface area contributed by atoms with E-state index in [0.717, 1.165) is 0 Å². The lowest BCUT2D eigenvalue weighted by Gasteiger charge is -2.02. The van der Waals surface area contributed by atoms with E-state index in [2.05, 4.69) is 33.4 Å². The lowest BCUT2D eigenvalue weighted by molar-refractivity contribution is 0.862. The van der Waals surface area contributed by atoms with Gasteiger partial charge in [-0.15, -0.1) is 6.58 Å². The Morgan fingerprint density at radius 2 is 2.12 bits per heavy atom. The fraction of sp³-hybridized carbons (Fsp3) is 0.500. The second-order valence-corrected chi connectivity index (χ2v) is 2.06. The third-order valence-corrected chi connectivity index (χ3v) is 1.53. The minimum absolute atomic E-state index is 0.542. The van der Waals surface area contributed by atoms with Gasteiger partial charge in [-0.05, 0) is 19.8 Å². The van der Waals surface area contributed by atoms with Crippen molar-refractivity contribution < 1.29 is 0 Å². The molecule has 1 unspecified atom stereocenters. The molecule has 0 aromatic rings. The highest BCUT2D eigenvalue weighted by atomic mass is 14.0. The molecule has 0 aromatic carbocycles. The molecule has 46 valence electrons. The van der Waals surface area contributed by atoms with Crippen molar-refractivity contribution in [2.24, 2.45) is 5.92 Å². The lowest BCUT2D eigenvalue weighted by atomic mass is 10.0. The van der Waals surface area contributed by atoms with E-state index in [1.807, 2.05) is 6.08 Å². The van der Waals surface area contributed by atoms with Gasteiger partial charge in [0, 0.05) is 0 Å². The largest absolute Gasteiger partial charge is 0.102 e. The molecule has 0 saturated heterocycles. The highest BCUT2D eigenvalue weighted by molar-refractivity contribution is 5.06. The topological polar surface area (TPSA) is 0 Å². The Kier molecular flexibility index (Phi) is 3.25. The van der Waals surface area contributed by atoms with E-state index in [1.165, 1.54) is 5.57 Å². The van der Waals surface area contributed by atoms with E-state index in [-0.39, 0.29) is 0 Å². The molecule has 0 aliphatic carbocycles. The fourth-order valence-electron chi connectivity index (χ4n) is 0.449. The molecule has 0 aromatic heterocycles. The van der Waals surface area contributed by atoms with E-state index < -0.39 is 0 Å². The molecule has 0 nitrogen and oxygen atoms in total. The van der Waals surface area contributed by atoms with Gasteiger partial charge in [-0.25, -0.2) is 0 Å². The minimum Gasteiger partial charge on any atom is -0.102 e. The molecule has 8 heavy (non-hydrogen) atoms. The molecular weight excluding hydrogens is 96.1 g/mol. The van der Waals surface area contributed by atoms with Crippen LogP contribution in [0.4, 0.5) is 0 Å². The third-order valence-electron chi connectivity index (χ3n) is 1.53.